The first-order valence-corrected chi connectivity index (χ1v) is 12.0. The molecule has 0 saturated carbocycles. The van der Waals surface area contributed by atoms with Gasteiger partial charge in [0.05, 0.1) is 40.2 Å². The van der Waals surface area contributed by atoms with Gasteiger partial charge in [0, 0.05) is 33.9 Å². The maximum atomic E-state index is 14.7. The van der Waals surface area contributed by atoms with Crippen molar-refractivity contribution in [2.45, 2.75) is 0 Å². The van der Waals surface area contributed by atoms with Crippen molar-refractivity contribution in [2.24, 2.45) is 21.1 Å². The molecule has 0 fully saturated rings. The van der Waals surface area contributed by atoms with Gasteiger partial charge in [-0.15, -0.1) is 0 Å². The lowest BCUT2D eigenvalue weighted by Crippen LogP contribution is -2.19. The first-order chi connectivity index (χ1) is 18.3. The fraction of sp³-hybridized carbons (Fsp3) is 0.143. The quantitative estimate of drug-likeness (QED) is 0.392. The van der Waals surface area contributed by atoms with E-state index in [1.807, 2.05) is 52.6 Å². The first kappa shape index (κ1) is 23.4. The van der Waals surface area contributed by atoms with Gasteiger partial charge in [-0.3, -0.25) is 18.5 Å². The third-order valence-corrected chi connectivity index (χ3v) is 6.99. The highest BCUT2D eigenvalue weighted by molar-refractivity contribution is 5.95. The van der Waals surface area contributed by atoms with Gasteiger partial charge in [0.15, 0.2) is 5.82 Å². The zero-order chi connectivity index (χ0) is 26.7. The molecule has 3 aromatic carbocycles. The Labute approximate surface area is 216 Å². The van der Waals surface area contributed by atoms with E-state index in [9.17, 15) is 14.0 Å². The smallest absolute Gasteiger partial charge is 0.328 e. The van der Waals surface area contributed by atoms with Crippen molar-refractivity contribution in [2.75, 3.05) is 7.05 Å². The number of amides is 1. The van der Waals surface area contributed by atoms with Crippen LogP contribution in [0.5, 0.6) is 0 Å². The number of nitrogens with one attached hydrogen (secondary N) is 1. The Hall–Kier alpha value is -4.99. The van der Waals surface area contributed by atoms with Crippen molar-refractivity contribution in [1.82, 2.24) is 33.6 Å². The van der Waals surface area contributed by atoms with E-state index in [0.717, 1.165) is 33.5 Å². The number of carbonyl (C=O) groups is 1. The second-order valence-electron chi connectivity index (χ2n) is 9.21. The summed E-state index contributed by atoms with van der Waals surface area (Å²) in [5.74, 6) is -0.389. The standard InChI is InChI=1S/C28H24FN7O2/c1-30-27(37)19-8-5-16(11-20(19)29)17-6-9-22-21(12-17)32-26(25-14-31-15-33(25)2)36(22)18-7-10-23-24(13-18)35(4)28(38)34(23)3/h5-15H,1-4H3,(H,30,37). The molecule has 38 heavy (non-hydrogen) atoms. The summed E-state index contributed by atoms with van der Waals surface area (Å²) in [5.41, 5.74) is 6.12. The highest BCUT2D eigenvalue weighted by atomic mass is 19.1. The zero-order valence-electron chi connectivity index (χ0n) is 21.2. The van der Waals surface area contributed by atoms with Gasteiger partial charge in [-0.25, -0.2) is 19.2 Å². The molecule has 0 atom stereocenters. The summed E-state index contributed by atoms with van der Waals surface area (Å²) in [5, 5.41) is 2.45. The van der Waals surface area contributed by atoms with Crippen LogP contribution in [0.4, 0.5) is 4.39 Å². The van der Waals surface area contributed by atoms with Gasteiger partial charge >= 0.3 is 5.69 Å². The summed E-state index contributed by atoms with van der Waals surface area (Å²) in [6.45, 7) is 0. The van der Waals surface area contributed by atoms with E-state index in [-0.39, 0.29) is 11.3 Å². The average Bonchev–Trinajstić information content (AvgIpc) is 3.58. The maximum absolute atomic E-state index is 14.7. The first-order valence-electron chi connectivity index (χ1n) is 12.0. The molecular formula is C28H24FN7O2. The fourth-order valence-corrected chi connectivity index (χ4v) is 4.91. The number of fused-ring (bicyclic) bond motifs is 2. The van der Waals surface area contributed by atoms with Gasteiger partial charge in [-0.1, -0.05) is 12.1 Å². The van der Waals surface area contributed by atoms with Crippen molar-refractivity contribution >= 4 is 28.0 Å². The SMILES string of the molecule is CNC(=O)c1ccc(-c2ccc3c(c2)nc(-c2cncn2C)n3-c2ccc3c(c2)n(C)c(=O)n3C)cc1F. The molecule has 0 spiro atoms. The van der Waals surface area contributed by atoms with Crippen LogP contribution in [0.2, 0.25) is 0 Å². The molecule has 9 nitrogen and oxygen atoms in total. The van der Waals surface area contributed by atoms with Crippen LogP contribution in [0.15, 0.2) is 71.9 Å². The average molecular weight is 510 g/mol. The molecule has 0 aliphatic carbocycles. The zero-order valence-corrected chi connectivity index (χ0v) is 21.2. The number of rotatable bonds is 4. The third-order valence-electron chi connectivity index (χ3n) is 6.99. The second-order valence-corrected chi connectivity index (χ2v) is 9.21. The minimum atomic E-state index is -0.593. The Balaban J connectivity index is 1.56. The largest absolute Gasteiger partial charge is 0.355 e. The molecule has 0 saturated heterocycles. The molecule has 1 amide bonds. The van der Waals surface area contributed by atoms with E-state index in [1.165, 1.54) is 19.2 Å². The molecular weight excluding hydrogens is 485 g/mol. The Morgan fingerprint density at radius 2 is 1.61 bits per heavy atom. The number of nitrogens with zero attached hydrogens (tertiary/aromatic N) is 6. The van der Waals surface area contributed by atoms with Gasteiger partial charge in [-0.2, -0.15) is 0 Å². The van der Waals surface area contributed by atoms with E-state index < -0.39 is 11.7 Å². The van der Waals surface area contributed by atoms with Gasteiger partial charge < -0.3 is 9.88 Å². The molecule has 0 aliphatic heterocycles. The van der Waals surface area contributed by atoms with Crippen LogP contribution in [0.25, 0.3) is 50.4 Å². The molecule has 0 bridgehead atoms. The number of benzene rings is 3. The highest BCUT2D eigenvalue weighted by Crippen LogP contribution is 2.32. The molecule has 0 aliphatic rings. The number of imidazole rings is 3. The molecule has 10 heteroatoms. The maximum Gasteiger partial charge on any atom is 0.328 e. The summed E-state index contributed by atoms with van der Waals surface area (Å²) in [4.78, 5) is 33.6. The van der Waals surface area contributed by atoms with Crippen LogP contribution in [0, 0.1) is 5.82 Å². The molecule has 1 N–H and O–H groups in total. The predicted octanol–water partition coefficient (Wildman–Crippen LogP) is 3.78. The summed E-state index contributed by atoms with van der Waals surface area (Å²) in [7, 11) is 6.88. The predicted molar refractivity (Wildman–Crippen MR) is 144 cm³/mol. The van der Waals surface area contributed by atoms with Crippen molar-refractivity contribution in [3.05, 3.63) is 89.0 Å². The van der Waals surface area contributed by atoms with Crippen molar-refractivity contribution in [3.8, 4) is 28.3 Å². The Morgan fingerprint density at radius 1 is 0.895 bits per heavy atom. The van der Waals surface area contributed by atoms with Crippen LogP contribution in [-0.2, 0) is 21.1 Å². The Bertz CT molecular complexity index is 1960. The van der Waals surface area contributed by atoms with Crippen LogP contribution < -0.4 is 11.0 Å². The summed E-state index contributed by atoms with van der Waals surface area (Å²) < 4.78 is 21.8. The lowest BCUT2D eigenvalue weighted by Gasteiger charge is -2.11. The van der Waals surface area contributed by atoms with E-state index in [0.29, 0.717) is 16.9 Å². The topological polar surface area (TPSA) is 91.7 Å². The fourth-order valence-electron chi connectivity index (χ4n) is 4.91. The molecule has 0 radical (unpaired) electrons. The van der Waals surface area contributed by atoms with Crippen LogP contribution in [0.3, 0.4) is 0 Å². The van der Waals surface area contributed by atoms with Crippen molar-refractivity contribution in [1.29, 1.82) is 0 Å². The van der Waals surface area contributed by atoms with Crippen LogP contribution >= 0.6 is 0 Å². The Kier molecular flexibility index (Phi) is 5.27. The number of halogens is 1. The molecule has 6 rings (SSSR count). The van der Waals surface area contributed by atoms with Gasteiger partial charge in [0.2, 0.25) is 0 Å². The summed E-state index contributed by atoms with van der Waals surface area (Å²) in [6, 6.07) is 16.2. The monoisotopic (exact) mass is 509 g/mol. The molecule has 0 unspecified atom stereocenters. The number of hydrogen-bond donors (Lipinski definition) is 1. The Morgan fingerprint density at radius 3 is 2.32 bits per heavy atom. The van der Waals surface area contributed by atoms with E-state index in [4.69, 9.17) is 4.98 Å². The second kappa shape index (κ2) is 8.55. The molecule has 190 valence electrons. The van der Waals surface area contributed by atoms with Crippen molar-refractivity contribution < 1.29 is 9.18 Å². The molecule has 3 heterocycles. The minimum Gasteiger partial charge on any atom is -0.355 e. The lowest BCUT2D eigenvalue weighted by molar-refractivity contribution is 0.0959. The number of aromatic nitrogens is 6. The van der Waals surface area contributed by atoms with E-state index in [2.05, 4.69) is 10.3 Å². The molecule has 3 aromatic heterocycles. The summed E-state index contributed by atoms with van der Waals surface area (Å²) in [6.07, 6.45) is 3.47. The van der Waals surface area contributed by atoms with Crippen molar-refractivity contribution in [3.63, 3.8) is 0 Å². The van der Waals surface area contributed by atoms with Gasteiger partial charge in [-0.05, 0) is 53.6 Å². The van der Waals surface area contributed by atoms with Crippen LogP contribution in [-0.4, -0.2) is 41.2 Å². The van der Waals surface area contributed by atoms with E-state index in [1.54, 1.807) is 41.8 Å². The van der Waals surface area contributed by atoms with E-state index >= 15 is 0 Å². The van der Waals surface area contributed by atoms with Gasteiger partial charge in [0.1, 0.15) is 11.5 Å². The number of aryl methyl sites for hydroxylation is 3. The van der Waals surface area contributed by atoms with Crippen LogP contribution in [0.1, 0.15) is 10.4 Å². The van der Waals surface area contributed by atoms with Gasteiger partial charge in [0.25, 0.3) is 5.91 Å². The minimum absolute atomic E-state index is 0.00851. The number of hydrogen-bond acceptors (Lipinski definition) is 4. The lowest BCUT2D eigenvalue weighted by atomic mass is 10.0. The normalized spacial score (nSPS) is 11.5. The third kappa shape index (κ3) is 3.45. The summed E-state index contributed by atoms with van der Waals surface area (Å²) >= 11 is 0. The highest BCUT2D eigenvalue weighted by Gasteiger charge is 2.19. The molecule has 6 aromatic rings. The number of carbonyl (C=O) groups excluding carboxylic acids is 1.